The van der Waals surface area contributed by atoms with Crippen LogP contribution < -0.4 is 0 Å². The van der Waals surface area contributed by atoms with Crippen molar-refractivity contribution in [3.63, 3.8) is 0 Å². The van der Waals surface area contributed by atoms with E-state index in [9.17, 15) is 10.2 Å². The molecule has 0 saturated heterocycles. The van der Waals surface area contributed by atoms with Crippen LogP contribution in [-0.2, 0) is 0 Å². The summed E-state index contributed by atoms with van der Waals surface area (Å²) in [5.41, 5.74) is 0.857. The Morgan fingerprint density at radius 3 is 1.26 bits per heavy atom. The molecule has 0 spiro atoms. The lowest BCUT2D eigenvalue weighted by Crippen LogP contribution is -1.84. The highest BCUT2D eigenvalue weighted by Gasteiger charge is 1.97. The van der Waals surface area contributed by atoms with Crippen LogP contribution in [0.2, 0.25) is 0 Å². The molecule has 0 heterocycles. The molecule has 0 saturated carbocycles. The molecule has 0 aromatic heterocycles. The van der Waals surface area contributed by atoms with Gasteiger partial charge in [-0.25, -0.2) is 0 Å². The molecule has 0 atom stereocenters. The lowest BCUT2D eigenvalue weighted by molar-refractivity contribution is 0.450. The zero-order valence-corrected chi connectivity index (χ0v) is 20.4. The van der Waals surface area contributed by atoms with Gasteiger partial charge in [0.25, 0.3) is 0 Å². The van der Waals surface area contributed by atoms with Crippen LogP contribution in [-0.4, -0.2) is 10.2 Å². The summed E-state index contributed by atoms with van der Waals surface area (Å²) in [6, 6.07) is 4.70. The minimum absolute atomic E-state index is 0.114. The molecule has 0 fully saturated rings. The van der Waals surface area contributed by atoms with Crippen LogP contribution in [0.15, 0.2) is 24.3 Å². The van der Waals surface area contributed by atoms with Gasteiger partial charge in [0.1, 0.15) is 11.5 Å². The molecular formula is C29H50O2. The number of phenols is 2. The van der Waals surface area contributed by atoms with Crippen LogP contribution in [0.3, 0.4) is 0 Å². The predicted octanol–water partition coefficient (Wildman–Crippen LogP) is 9.93. The fourth-order valence-electron chi connectivity index (χ4n) is 4.27. The molecule has 2 N–H and O–H groups in total. The van der Waals surface area contributed by atoms with Crippen LogP contribution in [0.1, 0.15) is 141 Å². The quantitative estimate of drug-likeness (QED) is 0.190. The van der Waals surface area contributed by atoms with Gasteiger partial charge in [0.2, 0.25) is 0 Å². The van der Waals surface area contributed by atoms with Crippen molar-refractivity contribution >= 4 is 6.08 Å². The Morgan fingerprint density at radius 2 is 0.871 bits per heavy atom. The summed E-state index contributed by atoms with van der Waals surface area (Å²) in [6.07, 6.45) is 32.0. The van der Waals surface area contributed by atoms with Crippen molar-refractivity contribution < 1.29 is 10.2 Å². The number of benzene rings is 1. The summed E-state index contributed by atoms with van der Waals surface area (Å²) < 4.78 is 0. The van der Waals surface area contributed by atoms with Crippen LogP contribution in [0.25, 0.3) is 6.08 Å². The Morgan fingerprint density at radius 1 is 0.516 bits per heavy atom. The first-order chi connectivity index (χ1) is 15.2. The maximum absolute atomic E-state index is 9.47. The van der Waals surface area contributed by atoms with Gasteiger partial charge in [-0.3, -0.25) is 0 Å². The maximum Gasteiger partial charge on any atom is 0.119 e. The summed E-state index contributed by atoms with van der Waals surface area (Å²) in [6.45, 7) is 2.29. The standard InChI is InChI=1S/C29H50O2/c1-2-3-4-5-6-7-8-9-10-11-12-13-14-15-16-17-18-19-20-21-22-23-27-24-28(30)26-29(31)25-27/h22-26,30-31H,2-21H2,1H3. The molecule has 31 heavy (non-hydrogen) atoms. The molecule has 2 nitrogen and oxygen atoms in total. The van der Waals surface area contributed by atoms with Crippen molar-refractivity contribution in [3.8, 4) is 11.5 Å². The van der Waals surface area contributed by atoms with Gasteiger partial charge >= 0.3 is 0 Å². The topological polar surface area (TPSA) is 40.5 Å². The first-order valence-corrected chi connectivity index (χ1v) is 13.4. The molecule has 0 aliphatic heterocycles. The van der Waals surface area contributed by atoms with E-state index >= 15 is 0 Å². The second-order valence-corrected chi connectivity index (χ2v) is 9.34. The number of hydrogen-bond donors (Lipinski definition) is 2. The lowest BCUT2D eigenvalue weighted by atomic mass is 10.0. The van der Waals surface area contributed by atoms with E-state index in [1.54, 1.807) is 12.1 Å². The maximum atomic E-state index is 9.47. The predicted molar refractivity (Wildman–Crippen MR) is 137 cm³/mol. The lowest BCUT2D eigenvalue weighted by Gasteiger charge is -2.04. The van der Waals surface area contributed by atoms with Crippen LogP contribution in [0.4, 0.5) is 0 Å². The minimum atomic E-state index is 0.114. The highest BCUT2D eigenvalue weighted by Crippen LogP contribution is 2.21. The van der Waals surface area contributed by atoms with E-state index in [1.807, 2.05) is 6.08 Å². The zero-order chi connectivity index (χ0) is 22.4. The minimum Gasteiger partial charge on any atom is -0.508 e. The van der Waals surface area contributed by atoms with Crippen LogP contribution >= 0.6 is 0 Å². The summed E-state index contributed by atoms with van der Waals surface area (Å²) in [5, 5.41) is 18.9. The van der Waals surface area contributed by atoms with Crippen molar-refractivity contribution in [1.82, 2.24) is 0 Å². The van der Waals surface area contributed by atoms with Gasteiger partial charge in [0.15, 0.2) is 0 Å². The van der Waals surface area contributed by atoms with E-state index in [1.165, 1.54) is 128 Å². The van der Waals surface area contributed by atoms with E-state index in [0.717, 1.165) is 12.0 Å². The average Bonchev–Trinajstić information content (AvgIpc) is 2.74. The third-order valence-corrected chi connectivity index (χ3v) is 6.21. The van der Waals surface area contributed by atoms with Crippen LogP contribution in [0.5, 0.6) is 11.5 Å². The molecule has 0 aliphatic carbocycles. The Balaban J connectivity index is 1.76. The number of allylic oxidation sites excluding steroid dienone is 1. The van der Waals surface area contributed by atoms with Gasteiger partial charge < -0.3 is 10.2 Å². The average molecular weight is 431 g/mol. The molecule has 0 bridgehead atoms. The molecule has 0 amide bonds. The van der Waals surface area contributed by atoms with Crippen LogP contribution in [0, 0.1) is 0 Å². The van der Waals surface area contributed by atoms with Gasteiger partial charge in [-0.1, -0.05) is 135 Å². The molecule has 1 rings (SSSR count). The second-order valence-electron chi connectivity index (χ2n) is 9.34. The summed E-state index contributed by atoms with van der Waals surface area (Å²) in [4.78, 5) is 0. The number of unbranched alkanes of at least 4 members (excludes halogenated alkanes) is 19. The van der Waals surface area contributed by atoms with E-state index < -0.39 is 0 Å². The summed E-state index contributed by atoms with van der Waals surface area (Å²) in [5.74, 6) is 0.228. The largest absolute Gasteiger partial charge is 0.508 e. The zero-order valence-electron chi connectivity index (χ0n) is 20.4. The molecule has 0 radical (unpaired) electrons. The Hall–Kier alpha value is -1.44. The van der Waals surface area contributed by atoms with E-state index in [-0.39, 0.29) is 11.5 Å². The van der Waals surface area contributed by atoms with Crippen molar-refractivity contribution in [3.05, 3.63) is 29.8 Å². The Kier molecular flexibility index (Phi) is 18.2. The van der Waals surface area contributed by atoms with E-state index in [2.05, 4.69) is 13.0 Å². The first kappa shape index (κ1) is 27.6. The molecule has 0 unspecified atom stereocenters. The van der Waals surface area contributed by atoms with Gasteiger partial charge in [0.05, 0.1) is 0 Å². The first-order valence-electron chi connectivity index (χ1n) is 13.4. The molecule has 1 aromatic carbocycles. The molecular weight excluding hydrogens is 380 g/mol. The Bertz CT molecular complexity index is 529. The third-order valence-electron chi connectivity index (χ3n) is 6.21. The number of phenolic OH excluding ortho intramolecular Hbond substituents is 2. The molecule has 178 valence electrons. The van der Waals surface area contributed by atoms with Gasteiger partial charge in [-0.15, -0.1) is 0 Å². The van der Waals surface area contributed by atoms with E-state index in [0.29, 0.717) is 0 Å². The monoisotopic (exact) mass is 430 g/mol. The van der Waals surface area contributed by atoms with Crippen molar-refractivity contribution in [2.45, 2.75) is 135 Å². The smallest absolute Gasteiger partial charge is 0.119 e. The second kappa shape index (κ2) is 20.5. The fraction of sp³-hybridized carbons (Fsp3) is 0.724. The SMILES string of the molecule is CCCCCCCCCCCCCCCCCCCCCC=Cc1cc(O)cc(O)c1. The molecule has 0 aliphatic rings. The number of rotatable bonds is 21. The highest BCUT2D eigenvalue weighted by molar-refractivity contribution is 5.54. The highest BCUT2D eigenvalue weighted by atomic mass is 16.3. The molecule has 1 aromatic rings. The van der Waals surface area contributed by atoms with Gasteiger partial charge in [0, 0.05) is 6.07 Å². The summed E-state index contributed by atoms with van der Waals surface area (Å²) in [7, 11) is 0. The summed E-state index contributed by atoms with van der Waals surface area (Å²) >= 11 is 0. The van der Waals surface area contributed by atoms with Crippen molar-refractivity contribution in [1.29, 1.82) is 0 Å². The van der Waals surface area contributed by atoms with Gasteiger partial charge in [-0.2, -0.15) is 0 Å². The van der Waals surface area contributed by atoms with Gasteiger partial charge in [-0.05, 0) is 30.5 Å². The normalized spacial score (nSPS) is 11.5. The van der Waals surface area contributed by atoms with Crippen molar-refractivity contribution in [2.75, 3.05) is 0 Å². The Labute approximate surface area is 193 Å². The van der Waals surface area contributed by atoms with E-state index in [4.69, 9.17) is 0 Å². The third kappa shape index (κ3) is 17.9. The number of hydrogen-bond acceptors (Lipinski definition) is 2. The molecule has 2 heteroatoms. The number of aromatic hydroxyl groups is 2. The van der Waals surface area contributed by atoms with Crippen molar-refractivity contribution in [2.24, 2.45) is 0 Å². The fourth-order valence-corrected chi connectivity index (χ4v) is 4.27.